The molecule has 0 aliphatic carbocycles. The number of nitrogens with one attached hydrogen (secondary N) is 1. The molecule has 2 aromatic heterocycles. The normalized spacial score (nSPS) is 17.6. The molecule has 3 aromatic rings. The molecular weight excluding hydrogens is 282 g/mol. The number of hydrogen-bond donors (Lipinski definition) is 1. The van der Waals surface area contributed by atoms with Gasteiger partial charge in [0.25, 0.3) is 5.91 Å². The smallest absolute Gasteiger partial charge is 0.261 e. The fourth-order valence-electron chi connectivity index (χ4n) is 2.84. The Bertz CT molecular complexity index is 772. The molecule has 1 aliphatic heterocycles. The second kappa shape index (κ2) is 5.00. The molecule has 5 heteroatoms. The average molecular weight is 297 g/mol. The number of aromatic nitrogens is 2. The summed E-state index contributed by atoms with van der Waals surface area (Å²) in [6.45, 7) is 0.875. The van der Waals surface area contributed by atoms with Crippen LogP contribution in [-0.2, 0) is 13.0 Å². The van der Waals surface area contributed by atoms with Crippen LogP contribution < -0.4 is 5.32 Å². The minimum absolute atomic E-state index is 0.0363. The second-order valence-corrected chi connectivity index (χ2v) is 6.44. The van der Waals surface area contributed by atoms with Crippen LogP contribution in [-0.4, -0.2) is 21.7 Å². The number of carbonyl (C=O) groups is 1. The molecule has 1 amide bonds. The highest BCUT2D eigenvalue weighted by Gasteiger charge is 2.21. The van der Waals surface area contributed by atoms with Crippen molar-refractivity contribution in [3.63, 3.8) is 0 Å². The van der Waals surface area contributed by atoms with Crippen LogP contribution in [0.2, 0.25) is 0 Å². The van der Waals surface area contributed by atoms with Gasteiger partial charge in [-0.25, -0.2) is 0 Å². The fourth-order valence-corrected chi connectivity index (χ4v) is 3.81. The van der Waals surface area contributed by atoms with E-state index in [1.165, 1.54) is 5.69 Å². The van der Waals surface area contributed by atoms with E-state index in [2.05, 4.69) is 16.5 Å². The Morgan fingerprint density at radius 3 is 3.14 bits per heavy atom. The van der Waals surface area contributed by atoms with E-state index in [1.807, 2.05) is 41.2 Å². The molecule has 4 nitrogen and oxygen atoms in total. The summed E-state index contributed by atoms with van der Waals surface area (Å²) in [5, 5.41) is 8.55. The monoisotopic (exact) mass is 297 g/mol. The summed E-state index contributed by atoms with van der Waals surface area (Å²) in [6.07, 6.45) is 3.62. The highest BCUT2D eigenvalue weighted by molar-refractivity contribution is 7.20. The summed E-state index contributed by atoms with van der Waals surface area (Å²) in [5.74, 6) is 0.0363. The number of carbonyl (C=O) groups excluding carboxylic acids is 1. The van der Waals surface area contributed by atoms with Crippen molar-refractivity contribution in [2.75, 3.05) is 0 Å². The molecule has 0 saturated heterocycles. The maximum Gasteiger partial charge on any atom is 0.261 e. The molecule has 1 N–H and O–H groups in total. The lowest BCUT2D eigenvalue weighted by atomic mass is 10.0. The SMILES string of the molecule is O=C(N[C@@H]1CCn2nccc2C1)c1cc2ccccc2s1. The number of hydrogen-bond acceptors (Lipinski definition) is 3. The first-order valence-corrected chi connectivity index (χ1v) is 7.91. The summed E-state index contributed by atoms with van der Waals surface area (Å²) in [7, 11) is 0. The van der Waals surface area contributed by atoms with Gasteiger partial charge in [0.15, 0.2) is 0 Å². The topological polar surface area (TPSA) is 46.9 Å². The van der Waals surface area contributed by atoms with Crippen molar-refractivity contribution >= 4 is 27.3 Å². The first-order valence-electron chi connectivity index (χ1n) is 7.10. The van der Waals surface area contributed by atoms with Crippen molar-refractivity contribution in [2.24, 2.45) is 0 Å². The van der Waals surface area contributed by atoms with Gasteiger partial charge in [-0.05, 0) is 30.0 Å². The van der Waals surface area contributed by atoms with Gasteiger partial charge in [0.1, 0.15) is 0 Å². The van der Waals surface area contributed by atoms with Gasteiger partial charge in [0.2, 0.25) is 0 Å². The summed E-state index contributed by atoms with van der Waals surface area (Å²) in [6, 6.07) is 12.3. The van der Waals surface area contributed by atoms with Gasteiger partial charge in [0, 0.05) is 35.6 Å². The Morgan fingerprint density at radius 2 is 2.24 bits per heavy atom. The minimum Gasteiger partial charge on any atom is -0.348 e. The predicted octanol–water partition coefficient (Wildman–Crippen LogP) is 2.84. The Morgan fingerprint density at radius 1 is 1.33 bits per heavy atom. The zero-order valence-corrected chi connectivity index (χ0v) is 12.3. The number of amides is 1. The Hall–Kier alpha value is -2.14. The van der Waals surface area contributed by atoms with Gasteiger partial charge in [-0.1, -0.05) is 18.2 Å². The zero-order valence-electron chi connectivity index (χ0n) is 11.5. The van der Waals surface area contributed by atoms with Crippen LogP contribution in [0.3, 0.4) is 0 Å². The molecule has 0 radical (unpaired) electrons. The number of aryl methyl sites for hydroxylation is 1. The highest BCUT2D eigenvalue weighted by Crippen LogP contribution is 2.25. The highest BCUT2D eigenvalue weighted by atomic mass is 32.1. The standard InChI is InChI=1S/C16H15N3OS/c20-16(15-9-11-3-1-2-4-14(11)21-15)18-12-6-8-19-13(10-12)5-7-17-19/h1-5,7,9,12H,6,8,10H2,(H,18,20)/t12-/m1/s1. The van der Waals surface area contributed by atoms with Crippen molar-refractivity contribution in [2.45, 2.75) is 25.4 Å². The molecule has 4 rings (SSSR count). The van der Waals surface area contributed by atoms with Crippen molar-refractivity contribution in [1.82, 2.24) is 15.1 Å². The Balaban J connectivity index is 1.51. The molecular formula is C16H15N3OS. The molecule has 1 aromatic carbocycles. The third kappa shape index (κ3) is 2.34. The van der Waals surface area contributed by atoms with Crippen LogP contribution in [0.5, 0.6) is 0 Å². The average Bonchev–Trinajstić information content (AvgIpc) is 3.13. The van der Waals surface area contributed by atoms with Gasteiger partial charge >= 0.3 is 0 Å². The van der Waals surface area contributed by atoms with E-state index in [1.54, 1.807) is 11.3 Å². The van der Waals surface area contributed by atoms with Crippen LogP contribution in [0.15, 0.2) is 42.6 Å². The molecule has 0 spiro atoms. The first kappa shape index (κ1) is 12.6. The lowest BCUT2D eigenvalue weighted by Crippen LogP contribution is -2.39. The second-order valence-electron chi connectivity index (χ2n) is 5.36. The molecule has 0 saturated carbocycles. The Labute approximate surface area is 126 Å². The van der Waals surface area contributed by atoms with Crippen LogP contribution in [0, 0.1) is 0 Å². The number of nitrogens with zero attached hydrogens (tertiary/aromatic N) is 2. The minimum atomic E-state index is 0.0363. The van der Waals surface area contributed by atoms with Crippen molar-refractivity contribution in [3.8, 4) is 0 Å². The number of benzene rings is 1. The lowest BCUT2D eigenvalue weighted by Gasteiger charge is -2.24. The summed E-state index contributed by atoms with van der Waals surface area (Å²) >= 11 is 1.55. The maximum absolute atomic E-state index is 12.4. The number of rotatable bonds is 2. The Kier molecular flexibility index (Phi) is 3.00. The molecule has 21 heavy (non-hydrogen) atoms. The summed E-state index contributed by atoms with van der Waals surface area (Å²) in [5.41, 5.74) is 1.20. The van der Waals surface area contributed by atoms with E-state index >= 15 is 0 Å². The van der Waals surface area contributed by atoms with Gasteiger partial charge in [0.05, 0.1) is 4.88 Å². The molecule has 0 fully saturated rings. The molecule has 0 bridgehead atoms. The van der Waals surface area contributed by atoms with Crippen LogP contribution in [0.1, 0.15) is 21.8 Å². The van der Waals surface area contributed by atoms with Gasteiger partial charge < -0.3 is 5.32 Å². The lowest BCUT2D eigenvalue weighted by molar-refractivity contribution is 0.0934. The molecule has 3 heterocycles. The summed E-state index contributed by atoms with van der Waals surface area (Å²) < 4.78 is 3.17. The van der Waals surface area contributed by atoms with Crippen molar-refractivity contribution in [1.29, 1.82) is 0 Å². The van der Waals surface area contributed by atoms with Crippen molar-refractivity contribution < 1.29 is 4.79 Å². The van der Waals surface area contributed by atoms with E-state index in [9.17, 15) is 4.79 Å². The molecule has 0 unspecified atom stereocenters. The van der Waals surface area contributed by atoms with Crippen LogP contribution >= 0.6 is 11.3 Å². The summed E-state index contributed by atoms with van der Waals surface area (Å²) in [4.78, 5) is 13.2. The van der Waals surface area contributed by atoms with Gasteiger partial charge in [-0.3, -0.25) is 9.48 Å². The van der Waals surface area contributed by atoms with Crippen molar-refractivity contribution in [3.05, 3.63) is 53.2 Å². The van der Waals surface area contributed by atoms with E-state index in [0.717, 1.165) is 34.3 Å². The van der Waals surface area contributed by atoms with Gasteiger partial charge in [-0.2, -0.15) is 5.10 Å². The van der Waals surface area contributed by atoms with E-state index in [4.69, 9.17) is 0 Å². The zero-order chi connectivity index (χ0) is 14.2. The van der Waals surface area contributed by atoms with Crippen LogP contribution in [0.25, 0.3) is 10.1 Å². The number of fused-ring (bicyclic) bond motifs is 2. The molecule has 1 atom stereocenters. The van der Waals surface area contributed by atoms with Gasteiger partial charge in [-0.15, -0.1) is 11.3 Å². The van der Waals surface area contributed by atoms with E-state index < -0.39 is 0 Å². The third-order valence-corrected chi connectivity index (χ3v) is 5.05. The van der Waals surface area contributed by atoms with Crippen LogP contribution in [0.4, 0.5) is 0 Å². The fraction of sp³-hybridized carbons (Fsp3) is 0.250. The third-order valence-electron chi connectivity index (χ3n) is 3.93. The van der Waals surface area contributed by atoms with E-state index in [-0.39, 0.29) is 11.9 Å². The first-order chi connectivity index (χ1) is 10.3. The molecule has 1 aliphatic rings. The largest absolute Gasteiger partial charge is 0.348 e. The number of thiophene rings is 1. The predicted molar refractivity (Wildman–Crippen MR) is 83.6 cm³/mol. The molecule has 106 valence electrons. The maximum atomic E-state index is 12.4. The quantitative estimate of drug-likeness (QED) is 0.790. The van der Waals surface area contributed by atoms with E-state index in [0.29, 0.717) is 0 Å².